The van der Waals surface area contributed by atoms with Gasteiger partial charge in [0.25, 0.3) is 0 Å². The lowest BCUT2D eigenvalue weighted by Gasteiger charge is -2.21. The predicted molar refractivity (Wildman–Crippen MR) is 95.1 cm³/mol. The minimum absolute atomic E-state index is 0.0221. The Labute approximate surface area is 147 Å². The van der Waals surface area contributed by atoms with Crippen molar-refractivity contribution in [2.75, 3.05) is 39.0 Å². The normalized spacial score (nSPS) is 10.7. The molecule has 2 amide bonds. The van der Waals surface area contributed by atoms with E-state index >= 15 is 0 Å². The number of anilines is 1. The zero-order chi connectivity index (χ0) is 17.4. The van der Waals surface area contributed by atoms with E-state index in [0.717, 1.165) is 13.0 Å². The third-order valence-electron chi connectivity index (χ3n) is 3.29. The molecule has 0 spiro atoms. The molecule has 0 aliphatic heterocycles. The van der Waals surface area contributed by atoms with Crippen LogP contribution in [0.15, 0.2) is 18.2 Å². The number of hydrogen-bond donors (Lipinski definition) is 1. The molecule has 0 heterocycles. The SMILES string of the molecule is CC(=O)N(CCCN(C)C)CCC(=O)Nc1ccc(Cl)c(Cl)c1. The van der Waals surface area contributed by atoms with E-state index in [4.69, 9.17) is 23.2 Å². The van der Waals surface area contributed by atoms with E-state index in [-0.39, 0.29) is 18.2 Å². The smallest absolute Gasteiger partial charge is 0.226 e. The molecule has 128 valence electrons. The van der Waals surface area contributed by atoms with E-state index in [0.29, 0.717) is 28.8 Å². The van der Waals surface area contributed by atoms with Crippen molar-refractivity contribution in [1.29, 1.82) is 0 Å². The molecule has 0 aliphatic rings. The number of halogens is 2. The quantitative estimate of drug-likeness (QED) is 0.775. The summed E-state index contributed by atoms with van der Waals surface area (Å²) >= 11 is 11.7. The summed E-state index contributed by atoms with van der Waals surface area (Å²) in [5.41, 5.74) is 0.589. The first-order chi connectivity index (χ1) is 10.8. The fraction of sp³-hybridized carbons (Fsp3) is 0.500. The lowest BCUT2D eigenvalue weighted by molar-refractivity contribution is -0.129. The van der Waals surface area contributed by atoms with Crippen molar-refractivity contribution in [2.24, 2.45) is 0 Å². The molecule has 1 rings (SSSR count). The van der Waals surface area contributed by atoms with Crippen molar-refractivity contribution in [3.63, 3.8) is 0 Å². The minimum Gasteiger partial charge on any atom is -0.342 e. The Hall–Kier alpha value is -1.30. The lowest BCUT2D eigenvalue weighted by Crippen LogP contribution is -2.34. The van der Waals surface area contributed by atoms with E-state index in [9.17, 15) is 9.59 Å². The first-order valence-electron chi connectivity index (χ1n) is 7.44. The molecular formula is C16H23Cl2N3O2. The zero-order valence-electron chi connectivity index (χ0n) is 13.7. The Bertz CT molecular complexity index is 550. The van der Waals surface area contributed by atoms with Crippen molar-refractivity contribution in [1.82, 2.24) is 9.80 Å². The van der Waals surface area contributed by atoms with E-state index < -0.39 is 0 Å². The van der Waals surface area contributed by atoms with Gasteiger partial charge in [-0.1, -0.05) is 23.2 Å². The summed E-state index contributed by atoms with van der Waals surface area (Å²) in [7, 11) is 3.98. The maximum atomic E-state index is 12.0. The van der Waals surface area contributed by atoms with Crippen LogP contribution < -0.4 is 5.32 Å². The highest BCUT2D eigenvalue weighted by molar-refractivity contribution is 6.42. The van der Waals surface area contributed by atoms with Gasteiger partial charge >= 0.3 is 0 Å². The fourth-order valence-corrected chi connectivity index (χ4v) is 2.34. The number of carbonyl (C=O) groups excluding carboxylic acids is 2. The Kier molecular flexibility index (Phi) is 8.37. The highest BCUT2D eigenvalue weighted by atomic mass is 35.5. The molecule has 1 aromatic carbocycles. The highest BCUT2D eigenvalue weighted by Crippen LogP contribution is 2.25. The molecule has 7 heteroatoms. The zero-order valence-corrected chi connectivity index (χ0v) is 15.2. The molecule has 1 aromatic rings. The van der Waals surface area contributed by atoms with Gasteiger partial charge in [0.2, 0.25) is 11.8 Å². The van der Waals surface area contributed by atoms with Crippen LogP contribution in [0.25, 0.3) is 0 Å². The van der Waals surface area contributed by atoms with Gasteiger partial charge in [0.1, 0.15) is 0 Å². The van der Waals surface area contributed by atoms with Gasteiger partial charge in [-0.3, -0.25) is 9.59 Å². The van der Waals surface area contributed by atoms with E-state index in [1.54, 1.807) is 23.1 Å². The molecule has 0 unspecified atom stereocenters. The van der Waals surface area contributed by atoms with Crippen LogP contribution in [0, 0.1) is 0 Å². The number of carbonyl (C=O) groups is 2. The molecule has 0 aliphatic carbocycles. The van der Waals surface area contributed by atoms with Gasteiger partial charge in [0, 0.05) is 32.1 Å². The second-order valence-electron chi connectivity index (χ2n) is 5.59. The Morgan fingerprint density at radius 3 is 2.35 bits per heavy atom. The first-order valence-corrected chi connectivity index (χ1v) is 8.20. The lowest BCUT2D eigenvalue weighted by atomic mass is 10.2. The Morgan fingerprint density at radius 2 is 1.78 bits per heavy atom. The fourth-order valence-electron chi connectivity index (χ4n) is 2.04. The maximum Gasteiger partial charge on any atom is 0.226 e. The standard InChI is InChI=1S/C16H23Cl2N3O2/c1-12(22)21(9-4-8-20(2)3)10-7-16(23)19-13-5-6-14(17)15(18)11-13/h5-6,11H,4,7-10H2,1-3H3,(H,19,23). The van der Waals surface area contributed by atoms with E-state index in [1.807, 2.05) is 14.1 Å². The van der Waals surface area contributed by atoms with Crippen LogP contribution in [-0.4, -0.2) is 55.3 Å². The molecule has 0 saturated carbocycles. The van der Waals surface area contributed by atoms with Gasteiger partial charge in [-0.2, -0.15) is 0 Å². The van der Waals surface area contributed by atoms with Crippen molar-refractivity contribution in [2.45, 2.75) is 19.8 Å². The Morgan fingerprint density at radius 1 is 1.09 bits per heavy atom. The minimum atomic E-state index is -0.165. The van der Waals surface area contributed by atoms with Crippen LogP contribution in [0.3, 0.4) is 0 Å². The van der Waals surface area contributed by atoms with Gasteiger partial charge in [-0.05, 0) is 45.3 Å². The van der Waals surface area contributed by atoms with Gasteiger partial charge in [0.15, 0.2) is 0 Å². The van der Waals surface area contributed by atoms with Crippen LogP contribution in [0.2, 0.25) is 10.0 Å². The maximum absolute atomic E-state index is 12.0. The molecule has 0 fully saturated rings. The van der Waals surface area contributed by atoms with Crippen molar-refractivity contribution < 1.29 is 9.59 Å². The van der Waals surface area contributed by atoms with Crippen molar-refractivity contribution in [3.8, 4) is 0 Å². The Balaban J connectivity index is 2.45. The molecule has 0 atom stereocenters. The molecule has 0 aromatic heterocycles. The van der Waals surface area contributed by atoms with Crippen LogP contribution in [0.4, 0.5) is 5.69 Å². The summed E-state index contributed by atoms with van der Waals surface area (Å²) in [5.74, 6) is -0.187. The molecule has 5 nitrogen and oxygen atoms in total. The van der Waals surface area contributed by atoms with Crippen LogP contribution in [-0.2, 0) is 9.59 Å². The number of rotatable bonds is 8. The summed E-state index contributed by atoms with van der Waals surface area (Å²) in [5, 5.41) is 3.58. The summed E-state index contributed by atoms with van der Waals surface area (Å²) < 4.78 is 0. The van der Waals surface area contributed by atoms with E-state index in [1.165, 1.54) is 6.92 Å². The van der Waals surface area contributed by atoms with Gasteiger partial charge in [0.05, 0.1) is 10.0 Å². The average Bonchev–Trinajstić information content (AvgIpc) is 2.45. The first kappa shape index (κ1) is 19.7. The van der Waals surface area contributed by atoms with Crippen molar-refractivity contribution >= 4 is 40.7 Å². The second kappa shape index (κ2) is 9.75. The van der Waals surface area contributed by atoms with Gasteiger partial charge in [-0.15, -0.1) is 0 Å². The van der Waals surface area contributed by atoms with Crippen molar-refractivity contribution in [3.05, 3.63) is 28.2 Å². The number of nitrogens with zero attached hydrogens (tertiary/aromatic N) is 2. The molecule has 0 bridgehead atoms. The number of amides is 2. The summed E-state index contributed by atoms with van der Waals surface area (Å²) in [6, 6.07) is 4.91. The number of nitrogens with one attached hydrogen (secondary N) is 1. The molecule has 23 heavy (non-hydrogen) atoms. The summed E-state index contributed by atoms with van der Waals surface area (Å²) in [4.78, 5) is 27.4. The van der Waals surface area contributed by atoms with Gasteiger partial charge in [-0.25, -0.2) is 0 Å². The highest BCUT2D eigenvalue weighted by Gasteiger charge is 2.11. The van der Waals surface area contributed by atoms with Crippen LogP contribution in [0.5, 0.6) is 0 Å². The van der Waals surface area contributed by atoms with Gasteiger partial charge < -0.3 is 15.1 Å². The third kappa shape index (κ3) is 7.68. The largest absolute Gasteiger partial charge is 0.342 e. The monoisotopic (exact) mass is 359 g/mol. The topological polar surface area (TPSA) is 52.7 Å². The second-order valence-corrected chi connectivity index (χ2v) is 6.40. The third-order valence-corrected chi connectivity index (χ3v) is 4.03. The predicted octanol–water partition coefficient (Wildman–Crippen LogP) is 3.12. The number of benzene rings is 1. The van der Waals surface area contributed by atoms with Crippen LogP contribution >= 0.6 is 23.2 Å². The summed E-state index contributed by atoms with van der Waals surface area (Å²) in [6.45, 7) is 3.47. The molecule has 0 saturated heterocycles. The number of hydrogen-bond acceptors (Lipinski definition) is 3. The van der Waals surface area contributed by atoms with Crippen LogP contribution in [0.1, 0.15) is 19.8 Å². The average molecular weight is 360 g/mol. The molecular weight excluding hydrogens is 337 g/mol. The molecule has 1 N–H and O–H groups in total. The summed E-state index contributed by atoms with van der Waals surface area (Å²) in [6.07, 6.45) is 1.11. The molecule has 0 radical (unpaired) electrons. The van der Waals surface area contributed by atoms with E-state index in [2.05, 4.69) is 10.2 Å².